The maximum atomic E-state index is 12.3. The first kappa shape index (κ1) is 19.2. The smallest absolute Gasteiger partial charge is 0.224 e. The van der Waals surface area contributed by atoms with E-state index in [0.29, 0.717) is 17.7 Å². The zero-order chi connectivity index (χ0) is 20.4. The number of hydrogen-bond donors (Lipinski definition) is 2. The van der Waals surface area contributed by atoms with Crippen LogP contribution >= 0.6 is 0 Å². The van der Waals surface area contributed by atoms with Gasteiger partial charge in [-0.05, 0) is 50.8 Å². The van der Waals surface area contributed by atoms with E-state index in [9.17, 15) is 4.79 Å². The van der Waals surface area contributed by atoms with E-state index >= 15 is 0 Å². The number of ether oxygens (including phenoxy) is 1. The second-order valence-electron chi connectivity index (χ2n) is 7.67. The van der Waals surface area contributed by atoms with Crippen molar-refractivity contribution in [3.63, 3.8) is 0 Å². The SMILES string of the molecule is CC(=O)N1c2ccc(/C(C=N)=C/NC3CC3)c(Oc3ccccn3)c2CCC1C. The van der Waals surface area contributed by atoms with E-state index in [-0.39, 0.29) is 11.9 Å². The van der Waals surface area contributed by atoms with Gasteiger partial charge in [0.15, 0.2) is 0 Å². The lowest BCUT2D eigenvalue weighted by Gasteiger charge is -2.36. The van der Waals surface area contributed by atoms with Crippen LogP contribution in [0.5, 0.6) is 11.6 Å². The van der Waals surface area contributed by atoms with Crippen LogP contribution in [0.25, 0.3) is 5.57 Å². The molecule has 29 heavy (non-hydrogen) atoms. The fraction of sp³-hybridized carbons (Fsp3) is 0.348. The lowest BCUT2D eigenvalue weighted by atomic mass is 9.92. The molecule has 1 saturated carbocycles. The second kappa shape index (κ2) is 8.07. The van der Waals surface area contributed by atoms with Gasteiger partial charge in [-0.2, -0.15) is 0 Å². The predicted molar refractivity (Wildman–Crippen MR) is 115 cm³/mol. The van der Waals surface area contributed by atoms with Crippen LogP contribution < -0.4 is 15.0 Å². The molecule has 0 spiro atoms. The minimum atomic E-state index is 0.0215. The van der Waals surface area contributed by atoms with E-state index in [1.54, 1.807) is 13.1 Å². The Kier molecular flexibility index (Phi) is 5.34. The van der Waals surface area contributed by atoms with Crippen LogP contribution in [0.3, 0.4) is 0 Å². The van der Waals surface area contributed by atoms with Crippen LogP contribution in [0.15, 0.2) is 42.7 Å². The fourth-order valence-electron chi connectivity index (χ4n) is 3.80. The molecular formula is C23H26N4O2. The van der Waals surface area contributed by atoms with Gasteiger partial charge in [0.05, 0.1) is 5.69 Å². The van der Waals surface area contributed by atoms with Gasteiger partial charge in [-0.3, -0.25) is 4.79 Å². The number of anilines is 1. The molecular weight excluding hydrogens is 364 g/mol. The lowest BCUT2D eigenvalue weighted by molar-refractivity contribution is -0.117. The van der Waals surface area contributed by atoms with Crippen molar-refractivity contribution in [2.24, 2.45) is 0 Å². The van der Waals surface area contributed by atoms with Crippen LogP contribution in [0.2, 0.25) is 0 Å². The van der Waals surface area contributed by atoms with Gasteiger partial charge in [0.1, 0.15) is 5.75 Å². The largest absolute Gasteiger partial charge is 0.438 e. The molecule has 1 aromatic heterocycles. The molecule has 2 heterocycles. The van der Waals surface area contributed by atoms with Crippen LogP contribution in [0.1, 0.15) is 44.2 Å². The summed E-state index contributed by atoms with van der Waals surface area (Å²) in [6.07, 6.45) is 8.92. The number of rotatable bonds is 6. The van der Waals surface area contributed by atoms with Gasteiger partial charge < -0.3 is 20.4 Å². The number of fused-ring (bicyclic) bond motifs is 1. The molecule has 0 bridgehead atoms. The summed E-state index contributed by atoms with van der Waals surface area (Å²) in [7, 11) is 0. The molecule has 4 rings (SSSR count). The average Bonchev–Trinajstić information content (AvgIpc) is 3.54. The Morgan fingerprint density at radius 2 is 2.10 bits per heavy atom. The molecule has 6 nitrogen and oxygen atoms in total. The summed E-state index contributed by atoms with van der Waals surface area (Å²) < 4.78 is 6.26. The third-order valence-electron chi connectivity index (χ3n) is 5.45. The quantitative estimate of drug-likeness (QED) is 0.721. The molecule has 1 amide bonds. The number of carbonyl (C=O) groups excluding carboxylic acids is 1. The van der Waals surface area contributed by atoms with Crippen molar-refractivity contribution in [2.45, 2.75) is 51.6 Å². The number of hydrogen-bond acceptors (Lipinski definition) is 5. The van der Waals surface area contributed by atoms with E-state index in [1.807, 2.05) is 41.4 Å². The third kappa shape index (κ3) is 4.01. The Morgan fingerprint density at radius 1 is 1.28 bits per heavy atom. The zero-order valence-corrected chi connectivity index (χ0v) is 16.8. The summed E-state index contributed by atoms with van der Waals surface area (Å²) in [5, 5.41) is 11.3. The van der Waals surface area contributed by atoms with Crippen LogP contribution in [-0.2, 0) is 11.2 Å². The highest BCUT2D eigenvalue weighted by atomic mass is 16.5. The molecule has 6 heteroatoms. The Labute approximate surface area is 171 Å². The van der Waals surface area contributed by atoms with Crippen molar-refractivity contribution in [1.82, 2.24) is 10.3 Å². The van der Waals surface area contributed by atoms with E-state index in [1.165, 1.54) is 6.21 Å². The van der Waals surface area contributed by atoms with Crippen molar-refractivity contribution in [3.8, 4) is 11.6 Å². The van der Waals surface area contributed by atoms with Crippen LogP contribution in [0, 0.1) is 5.41 Å². The highest BCUT2D eigenvalue weighted by Gasteiger charge is 2.30. The molecule has 1 aromatic carbocycles. The van der Waals surface area contributed by atoms with Gasteiger partial charge in [0.2, 0.25) is 11.8 Å². The summed E-state index contributed by atoms with van der Waals surface area (Å²) in [6, 6.07) is 10.1. The maximum Gasteiger partial charge on any atom is 0.224 e. The van der Waals surface area contributed by atoms with Gasteiger partial charge in [-0.15, -0.1) is 0 Å². The first-order valence-corrected chi connectivity index (χ1v) is 10.1. The molecule has 1 unspecified atom stereocenters. The third-order valence-corrected chi connectivity index (χ3v) is 5.45. The first-order valence-electron chi connectivity index (χ1n) is 10.1. The predicted octanol–water partition coefficient (Wildman–Crippen LogP) is 4.30. The molecule has 2 N–H and O–H groups in total. The van der Waals surface area contributed by atoms with Crippen LogP contribution in [-0.4, -0.2) is 29.2 Å². The molecule has 2 aromatic rings. The normalized spacial score (nSPS) is 18.8. The molecule has 1 aliphatic carbocycles. The van der Waals surface area contributed by atoms with Crippen LogP contribution in [0.4, 0.5) is 5.69 Å². The zero-order valence-electron chi connectivity index (χ0n) is 16.8. The highest BCUT2D eigenvalue weighted by Crippen LogP contribution is 2.42. The summed E-state index contributed by atoms with van der Waals surface area (Å²) in [6.45, 7) is 3.67. The van der Waals surface area contributed by atoms with Crippen molar-refractivity contribution < 1.29 is 9.53 Å². The fourth-order valence-corrected chi connectivity index (χ4v) is 3.80. The van der Waals surface area contributed by atoms with Crippen molar-refractivity contribution in [3.05, 3.63) is 53.9 Å². The summed E-state index contributed by atoms with van der Waals surface area (Å²) in [5.41, 5.74) is 3.44. The maximum absolute atomic E-state index is 12.3. The Bertz CT molecular complexity index is 951. The topological polar surface area (TPSA) is 78.3 Å². The number of amides is 1. The molecule has 1 aliphatic heterocycles. The number of nitrogens with zero attached hydrogens (tertiary/aromatic N) is 2. The van der Waals surface area contributed by atoms with Crippen molar-refractivity contribution in [2.75, 3.05) is 4.90 Å². The highest BCUT2D eigenvalue weighted by molar-refractivity contribution is 6.10. The van der Waals surface area contributed by atoms with E-state index in [2.05, 4.69) is 17.2 Å². The van der Waals surface area contributed by atoms with Gasteiger partial charge in [-0.1, -0.05) is 6.07 Å². The Hall–Kier alpha value is -3.15. The second-order valence-corrected chi connectivity index (χ2v) is 7.67. The lowest BCUT2D eigenvalue weighted by Crippen LogP contribution is -2.40. The van der Waals surface area contributed by atoms with Crippen molar-refractivity contribution in [1.29, 1.82) is 5.41 Å². The summed E-state index contributed by atoms with van der Waals surface area (Å²) >= 11 is 0. The van der Waals surface area contributed by atoms with Gasteiger partial charge in [0.25, 0.3) is 0 Å². The standard InChI is InChI=1S/C23H26N4O2/c1-15-6-9-20-21(27(15)16(2)28)11-10-19(17(13-24)14-26-18-7-8-18)23(20)29-22-5-3-4-12-25-22/h3-5,10-15,18,24,26H,6-9H2,1-2H3/b17-14+,24-13?. The van der Waals surface area contributed by atoms with Gasteiger partial charge in [0, 0.05) is 60.4 Å². The van der Waals surface area contributed by atoms with E-state index < -0.39 is 0 Å². The summed E-state index contributed by atoms with van der Waals surface area (Å²) in [4.78, 5) is 18.5. The number of pyridine rings is 1. The molecule has 1 fully saturated rings. The molecule has 0 saturated heterocycles. The molecule has 1 atom stereocenters. The van der Waals surface area contributed by atoms with E-state index in [4.69, 9.17) is 10.1 Å². The minimum absolute atomic E-state index is 0.0215. The van der Waals surface area contributed by atoms with Gasteiger partial charge in [-0.25, -0.2) is 4.98 Å². The Balaban J connectivity index is 1.83. The monoisotopic (exact) mass is 390 g/mol. The minimum Gasteiger partial charge on any atom is -0.438 e. The number of allylic oxidation sites excluding steroid dienone is 1. The number of benzene rings is 1. The number of aromatic nitrogens is 1. The first-order chi connectivity index (χ1) is 14.1. The molecule has 150 valence electrons. The van der Waals surface area contributed by atoms with E-state index in [0.717, 1.165) is 48.1 Å². The summed E-state index contributed by atoms with van der Waals surface area (Å²) in [5.74, 6) is 1.19. The average molecular weight is 390 g/mol. The molecule has 2 aliphatic rings. The Morgan fingerprint density at radius 3 is 2.76 bits per heavy atom. The number of carbonyl (C=O) groups is 1. The number of nitrogens with one attached hydrogen (secondary N) is 2. The van der Waals surface area contributed by atoms with Gasteiger partial charge >= 0.3 is 0 Å². The molecule has 0 radical (unpaired) electrons. The van der Waals surface area contributed by atoms with Crippen molar-refractivity contribution >= 4 is 23.4 Å².